The van der Waals surface area contributed by atoms with Gasteiger partial charge >= 0.3 is 0 Å². The quantitative estimate of drug-likeness (QED) is 0.569. The highest BCUT2D eigenvalue weighted by molar-refractivity contribution is 7.99. The van der Waals surface area contributed by atoms with E-state index in [1.54, 1.807) is 0 Å². The summed E-state index contributed by atoms with van der Waals surface area (Å²) in [7, 11) is 0. The summed E-state index contributed by atoms with van der Waals surface area (Å²) in [5, 5.41) is 0. The Bertz CT molecular complexity index is 364. The number of hydrogen-bond acceptors (Lipinski definition) is 4. The van der Waals surface area contributed by atoms with Crippen LogP contribution in [0.15, 0.2) is 35.2 Å². The molecule has 0 radical (unpaired) electrons. The Morgan fingerprint density at radius 2 is 1.85 bits per heavy atom. The molecule has 2 rings (SSSR count). The maximum atomic E-state index is 5.73. The molecule has 1 aromatic rings. The summed E-state index contributed by atoms with van der Waals surface area (Å²) >= 11 is 1.85. The molecule has 0 N–H and O–H groups in total. The summed E-state index contributed by atoms with van der Waals surface area (Å²) in [6, 6.07) is 10.5. The van der Waals surface area contributed by atoms with Gasteiger partial charge in [0.1, 0.15) is 0 Å². The average Bonchev–Trinajstić information content (AvgIpc) is 2.43. The Morgan fingerprint density at radius 1 is 1.15 bits per heavy atom. The third-order valence-corrected chi connectivity index (χ3v) is 4.26. The van der Waals surface area contributed by atoms with E-state index in [9.17, 15) is 0 Å². The van der Waals surface area contributed by atoms with Crippen molar-refractivity contribution >= 4 is 11.8 Å². The fraction of sp³-hybridized carbons (Fsp3) is 0.625. The Hall–Kier alpha value is -0.550. The van der Waals surface area contributed by atoms with Gasteiger partial charge in [-0.05, 0) is 26.0 Å². The second-order valence-corrected chi connectivity index (χ2v) is 6.46. The summed E-state index contributed by atoms with van der Waals surface area (Å²) in [4.78, 5) is 3.75. The van der Waals surface area contributed by atoms with Crippen molar-refractivity contribution in [1.82, 2.24) is 4.90 Å². The molecule has 1 aromatic carbocycles. The van der Waals surface area contributed by atoms with Crippen LogP contribution in [0.2, 0.25) is 0 Å². The minimum atomic E-state index is 0.340. The zero-order valence-electron chi connectivity index (χ0n) is 12.5. The van der Waals surface area contributed by atoms with Gasteiger partial charge < -0.3 is 9.47 Å². The van der Waals surface area contributed by atoms with Crippen LogP contribution in [-0.2, 0) is 9.47 Å². The molecule has 20 heavy (non-hydrogen) atoms. The highest BCUT2D eigenvalue weighted by atomic mass is 32.2. The van der Waals surface area contributed by atoms with E-state index in [2.05, 4.69) is 43.0 Å². The third-order valence-electron chi connectivity index (χ3n) is 3.29. The van der Waals surface area contributed by atoms with E-state index in [1.807, 2.05) is 17.8 Å². The molecule has 2 atom stereocenters. The van der Waals surface area contributed by atoms with Crippen LogP contribution < -0.4 is 0 Å². The first-order valence-electron chi connectivity index (χ1n) is 7.37. The molecule has 1 aliphatic rings. The number of nitrogens with zero attached hydrogens (tertiary/aromatic N) is 1. The molecule has 1 heterocycles. The van der Waals surface area contributed by atoms with Gasteiger partial charge in [0.15, 0.2) is 0 Å². The van der Waals surface area contributed by atoms with Crippen LogP contribution in [0.25, 0.3) is 0 Å². The van der Waals surface area contributed by atoms with Crippen molar-refractivity contribution in [3.8, 4) is 0 Å². The van der Waals surface area contributed by atoms with Gasteiger partial charge in [0.25, 0.3) is 0 Å². The lowest BCUT2D eigenvalue weighted by Gasteiger charge is -2.35. The zero-order chi connectivity index (χ0) is 14.2. The highest BCUT2D eigenvalue weighted by Crippen LogP contribution is 2.16. The zero-order valence-corrected chi connectivity index (χ0v) is 13.3. The van der Waals surface area contributed by atoms with Gasteiger partial charge in [0.2, 0.25) is 0 Å². The van der Waals surface area contributed by atoms with E-state index >= 15 is 0 Å². The molecule has 4 heteroatoms. The van der Waals surface area contributed by atoms with Crippen molar-refractivity contribution in [3.05, 3.63) is 30.3 Å². The highest BCUT2D eigenvalue weighted by Gasteiger charge is 2.21. The number of benzene rings is 1. The van der Waals surface area contributed by atoms with Crippen molar-refractivity contribution in [3.63, 3.8) is 0 Å². The number of rotatable bonds is 7. The predicted molar refractivity (Wildman–Crippen MR) is 84.4 cm³/mol. The lowest BCUT2D eigenvalue weighted by Crippen LogP contribution is -2.46. The molecule has 1 aliphatic heterocycles. The Labute approximate surface area is 126 Å². The lowest BCUT2D eigenvalue weighted by atomic mass is 10.2. The second kappa shape index (κ2) is 8.67. The van der Waals surface area contributed by atoms with E-state index in [1.165, 1.54) is 4.90 Å². The first-order chi connectivity index (χ1) is 9.74. The molecule has 1 fully saturated rings. The first kappa shape index (κ1) is 15.8. The number of hydrogen-bond donors (Lipinski definition) is 0. The maximum Gasteiger partial charge on any atom is 0.0678 e. The Morgan fingerprint density at radius 3 is 2.55 bits per heavy atom. The molecule has 1 saturated heterocycles. The molecule has 0 aromatic heterocycles. The standard InChI is InChI=1S/C16H25NO2S/c1-14-12-17(13-15(2)19-14)8-9-18-10-11-20-16-6-4-3-5-7-16/h3-7,14-15H,8-13H2,1-2H3/t14-,15-/m1/s1. The fourth-order valence-electron chi connectivity index (χ4n) is 2.50. The SMILES string of the molecule is C[C@@H]1CN(CCOCCSc2ccccc2)C[C@@H](C)O1. The van der Waals surface area contributed by atoms with Gasteiger partial charge in [0.05, 0.1) is 25.4 Å². The van der Waals surface area contributed by atoms with Gasteiger partial charge in [-0.3, -0.25) is 4.90 Å². The molecular formula is C16H25NO2S. The summed E-state index contributed by atoms with van der Waals surface area (Å²) in [6.07, 6.45) is 0.680. The smallest absolute Gasteiger partial charge is 0.0678 e. The van der Waals surface area contributed by atoms with Gasteiger partial charge in [-0.15, -0.1) is 11.8 Å². The van der Waals surface area contributed by atoms with Crippen LogP contribution in [0.3, 0.4) is 0 Å². The van der Waals surface area contributed by atoms with Crippen LogP contribution in [0, 0.1) is 0 Å². The maximum absolute atomic E-state index is 5.73. The van der Waals surface area contributed by atoms with Crippen LogP contribution >= 0.6 is 11.8 Å². The summed E-state index contributed by atoms with van der Waals surface area (Å²) in [6.45, 7) is 8.96. The molecule has 0 spiro atoms. The summed E-state index contributed by atoms with van der Waals surface area (Å²) in [5.41, 5.74) is 0. The van der Waals surface area contributed by atoms with Crippen molar-refractivity contribution in [2.45, 2.75) is 31.0 Å². The monoisotopic (exact) mass is 295 g/mol. The number of morpholine rings is 1. The van der Waals surface area contributed by atoms with E-state index in [0.717, 1.165) is 38.6 Å². The summed E-state index contributed by atoms with van der Waals surface area (Å²) < 4.78 is 11.4. The minimum absolute atomic E-state index is 0.340. The molecule has 0 bridgehead atoms. The van der Waals surface area contributed by atoms with E-state index in [-0.39, 0.29) is 0 Å². The molecule has 0 aliphatic carbocycles. The van der Waals surface area contributed by atoms with Crippen molar-refractivity contribution in [2.75, 3.05) is 38.6 Å². The fourth-order valence-corrected chi connectivity index (χ4v) is 3.28. The van der Waals surface area contributed by atoms with E-state index in [4.69, 9.17) is 9.47 Å². The minimum Gasteiger partial charge on any atom is -0.379 e. The molecular weight excluding hydrogens is 270 g/mol. The summed E-state index contributed by atoms with van der Waals surface area (Å²) in [5.74, 6) is 1.01. The topological polar surface area (TPSA) is 21.7 Å². The average molecular weight is 295 g/mol. The molecule has 0 amide bonds. The second-order valence-electron chi connectivity index (χ2n) is 5.29. The third kappa shape index (κ3) is 5.83. The van der Waals surface area contributed by atoms with Crippen LogP contribution in [0.4, 0.5) is 0 Å². The van der Waals surface area contributed by atoms with Crippen LogP contribution in [-0.4, -0.2) is 55.7 Å². The van der Waals surface area contributed by atoms with E-state index < -0.39 is 0 Å². The van der Waals surface area contributed by atoms with Gasteiger partial charge in [-0.25, -0.2) is 0 Å². The van der Waals surface area contributed by atoms with Gasteiger partial charge in [-0.2, -0.15) is 0 Å². The van der Waals surface area contributed by atoms with Gasteiger partial charge in [-0.1, -0.05) is 18.2 Å². The number of thioether (sulfide) groups is 1. The normalized spacial score (nSPS) is 23.9. The lowest BCUT2D eigenvalue weighted by molar-refractivity contribution is -0.0726. The predicted octanol–water partition coefficient (Wildman–Crippen LogP) is 2.90. The van der Waals surface area contributed by atoms with E-state index in [0.29, 0.717) is 12.2 Å². The van der Waals surface area contributed by atoms with Crippen LogP contribution in [0.1, 0.15) is 13.8 Å². The van der Waals surface area contributed by atoms with Crippen LogP contribution in [0.5, 0.6) is 0 Å². The Balaban J connectivity index is 1.51. The first-order valence-corrected chi connectivity index (χ1v) is 8.36. The van der Waals surface area contributed by atoms with Gasteiger partial charge in [0, 0.05) is 30.3 Å². The Kier molecular flexibility index (Phi) is 6.87. The molecule has 112 valence electrons. The largest absolute Gasteiger partial charge is 0.379 e. The van der Waals surface area contributed by atoms with Crippen molar-refractivity contribution < 1.29 is 9.47 Å². The number of ether oxygens (including phenoxy) is 2. The molecule has 0 unspecified atom stereocenters. The molecule has 0 saturated carbocycles. The molecule has 3 nitrogen and oxygen atoms in total. The van der Waals surface area contributed by atoms with Crippen molar-refractivity contribution in [2.24, 2.45) is 0 Å². The van der Waals surface area contributed by atoms with Crippen molar-refractivity contribution in [1.29, 1.82) is 0 Å².